The molecule has 0 saturated heterocycles. The van der Waals surface area contributed by atoms with Crippen LogP contribution in [0.25, 0.3) is 0 Å². The lowest BCUT2D eigenvalue weighted by Crippen LogP contribution is -2.13. The van der Waals surface area contributed by atoms with E-state index in [0.717, 1.165) is 12.8 Å². The average Bonchev–Trinajstić information content (AvgIpc) is 2.15. The van der Waals surface area contributed by atoms with Crippen molar-refractivity contribution in [2.45, 2.75) is 39.7 Å². The minimum absolute atomic E-state index is 0.225. The van der Waals surface area contributed by atoms with E-state index in [2.05, 4.69) is 12.0 Å². The summed E-state index contributed by atoms with van der Waals surface area (Å²) in [6, 6.07) is 0. The third-order valence-electron chi connectivity index (χ3n) is 2.24. The topological polar surface area (TPSA) is 20.2 Å². The van der Waals surface area contributed by atoms with Crippen molar-refractivity contribution in [3.8, 4) is 12.3 Å². The second-order valence-electron chi connectivity index (χ2n) is 3.57. The molecule has 0 aromatic rings. The molecule has 0 saturated carbocycles. The van der Waals surface area contributed by atoms with Gasteiger partial charge in [0.2, 0.25) is 0 Å². The highest BCUT2D eigenvalue weighted by atomic mass is 16.3. The first kappa shape index (κ1) is 12.3. The van der Waals surface area contributed by atoms with E-state index < -0.39 is 0 Å². The highest BCUT2D eigenvalue weighted by molar-refractivity contribution is 4.97. The zero-order chi connectivity index (χ0) is 10.3. The summed E-state index contributed by atoms with van der Waals surface area (Å²) in [5.74, 6) is 3.19. The molecule has 0 amide bonds. The van der Waals surface area contributed by atoms with Gasteiger partial charge in [-0.2, -0.15) is 0 Å². The van der Waals surface area contributed by atoms with Crippen LogP contribution in [-0.4, -0.2) is 11.2 Å². The second kappa shape index (κ2) is 6.74. The molecule has 0 aliphatic heterocycles. The molecule has 0 radical (unpaired) electrons. The van der Waals surface area contributed by atoms with Crippen LogP contribution in [0.1, 0.15) is 33.6 Å². The Kier molecular flexibility index (Phi) is 6.36. The lowest BCUT2D eigenvalue weighted by Gasteiger charge is -2.12. The van der Waals surface area contributed by atoms with Gasteiger partial charge in [0.05, 0.1) is 6.10 Å². The predicted molar refractivity (Wildman–Crippen MR) is 57.2 cm³/mol. The number of rotatable bonds is 5. The fourth-order valence-corrected chi connectivity index (χ4v) is 1.07. The monoisotopic (exact) mass is 180 g/mol. The third-order valence-corrected chi connectivity index (χ3v) is 2.24. The molecule has 0 aliphatic rings. The summed E-state index contributed by atoms with van der Waals surface area (Å²) < 4.78 is 0. The molecule has 0 unspecified atom stereocenters. The van der Waals surface area contributed by atoms with Crippen LogP contribution < -0.4 is 0 Å². The van der Waals surface area contributed by atoms with E-state index in [1.807, 2.05) is 26.8 Å². The Morgan fingerprint density at radius 2 is 2.08 bits per heavy atom. The lowest BCUT2D eigenvalue weighted by molar-refractivity contribution is 0.133. The lowest BCUT2D eigenvalue weighted by atomic mass is 10.0. The molecule has 1 N–H and O–H groups in total. The number of terminal acetylenes is 1. The van der Waals surface area contributed by atoms with Crippen LogP contribution in [0.5, 0.6) is 0 Å². The summed E-state index contributed by atoms with van der Waals surface area (Å²) in [4.78, 5) is 0. The van der Waals surface area contributed by atoms with Gasteiger partial charge in [-0.3, -0.25) is 0 Å². The van der Waals surface area contributed by atoms with Crippen LogP contribution in [0.15, 0.2) is 12.2 Å². The standard InChI is InChI=1S/C12H20O/c1-5-10(3)8-7-9-11(4)12(13)6-2/h1,7,9-13H,6,8H2,2-4H3/b9-7+/t10-,11+,12+/m1/s1. The maximum absolute atomic E-state index is 9.46. The molecule has 1 nitrogen and oxygen atoms in total. The summed E-state index contributed by atoms with van der Waals surface area (Å²) in [6.07, 6.45) is 10.8. The Morgan fingerprint density at radius 1 is 1.46 bits per heavy atom. The van der Waals surface area contributed by atoms with Crippen LogP contribution in [0, 0.1) is 24.2 Å². The van der Waals surface area contributed by atoms with Crippen LogP contribution in [0.3, 0.4) is 0 Å². The van der Waals surface area contributed by atoms with E-state index >= 15 is 0 Å². The van der Waals surface area contributed by atoms with Crippen molar-refractivity contribution >= 4 is 0 Å². The SMILES string of the molecule is C#C[C@@H](C)C/C=C/[C@H](C)[C@@H](O)CC. The molecule has 0 rings (SSSR count). The Morgan fingerprint density at radius 3 is 2.54 bits per heavy atom. The zero-order valence-electron chi connectivity index (χ0n) is 8.83. The first-order valence-electron chi connectivity index (χ1n) is 4.92. The summed E-state index contributed by atoms with van der Waals surface area (Å²) in [7, 11) is 0. The Bertz CT molecular complexity index is 188. The average molecular weight is 180 g/mol. The van der Waals surface area contributed by atoms with Crippen molar-refractivity contribution in [2.75, 3.05) is 0 Å². The number of allylic oxidation sites excluding steroid dienone is 1. The smallest absolute Gasteiger partial charge is 0.0597 e. The summed E-state index contributed by atoms with van der Waals surface area (Å²) in [5.41, 5.74) is 0. The van der Waals surface area contributed by atoms with Crippen LogP contribution in [-0.2, 0) is 0 Å². The Balaban J connectivity index is 3.78. The normalized spacial score (nSPS) is 18.1. The molecule has 0 aliphatic carbocycles. The quantitative estimate of drug-likeness (QED) is 0.509. The van der Waals surface area contributed by atoms with Gasteiger partial charge in [-0.25, -0.2) is 0 Å². The van der Waals surface area contributed by atoms with Crippen LogP contribution in [0.2, 0.25) is 0 Å². The Labute approximate surface area is 81.9 Å². The zero-order valence-corrected chi connectivity index (χ0v) is 8.83. The largest absolute Gasteiger partial charge is 0.393 e. The predicted octanol–water partition coefficient (Wildman–Crippen LogP) is 2.61. The maximum Gasteiger partial charge on any atom is 0.0597 e. The molecule has 0 spiro atoms. The van der Waals surface area contributed by atoms with Gasteiger partial charge in [0.15, 0.2) is 0 Å². The number of aliphatic hydroxyl groups excluding tert-OH is 1. The van der Waals surface area contributed by atoms with Gasteiger partial charge < -0.3 is 5.11 Å². The minimum Gasteiger partial charge on any atom is -0.393 e. The summed E-state index contributed by atoms with van der Waals surface area (Å²) in [6.45, 7) is 6.02. The fraction of sp³-hybridized carbons (Fsp3) is 0.667. The van der Waals surface area contributed by atoms with Crippen molar-refractivity contribution in [2.24, 2.45) is 11.8 Å². The first-order chi connectivity index (χ1) is 6.11. The molecule has 0 bridgehead atoms. The molecule has 0 aromatic carbocycles. The number of aliphatic hydroxyl groups is 1. The molecule has 0 aromatic heterocycles. The van der Waals surface area contributed by atoms with Crippen molar-refractivity contribution in [3.63, 3.8) is 0 Å². The minimum atomic E-state index is -0.225. The molecular formula is C12H20O. The molecule has 0 fully saturated rings. The van der Waals surface area contributed by atoms with Crippen molar-refractivity contribution in [1.29, 1.82) is 0 Å². The van der Waals surface area contributed by atoms with Gasteiger partial charge in [-0.15, -0.1) is 12.3 Å². The third kappa shape index (κ3) is 5.49. The van der Waals surface area contributed by atoms with Crippen molar-refractivity contribution in [3.05, 3.63) is 12.2 Å². The molecule has 74 valence electrons. The van der Waals surface area contributed by atoms with E-state index in [9.17, 15) is 5.11 Å². The van der Waals surface area contributed by atoms with Gasteiger partial charge in [0.1, 0.15) is 0 Å². The van der Waals surface area contributed by atoms with Gasteiger partial charge in [0, 0.05) is 5.92 Å². The van der Waals surface area contributed by atoms with E-state index in [1.54, 1.807) is 0 Å². The van der Waals surface area contributed by atoms with Crippen molar-refractivity contribution < 1.29 is 5.11 Å². The number of hydrogen-bond donors (Lipinski definition) is 1. The highest BCUT2D eigenvalue weighted by Crippen LogP contribution is 2.09. The van der Waals surface area contributed by atoms with Gasteiger partial charge >= 0.3 is 0 Å². The van der Waals surface area contributed by atoms with E-state index in [4.69, 9.17) is 6.42 Å². The molecule has 13 heavy (non-hydrogen) atoms. The van der Waals surface area contributed by atoms with Crippen molar-refractivity contribution in [1.82, 2.24) is 0 Å². The highest BCUT2D eigenvalue weighted by Gasteiger charge is 2.07. The molecule has 1 heteroatoms. The molecule has 3 atom stereocenters. The van der Waals surface area contributed by atoms with E-state index in [1.165, 1.54) is 0 Å². The summed E-state index contributed by atoms with van der Waals surface area (Å²) >= 11 is 0. The number of hydrogen-bond acceptors (Lipinski definition) is 1. The summed E-state index contributed by atoms with van der Waals surface area (Å²) in [5, 5.41) is 9.46. The fourth-order valence-electron chi connectivity index (χ4n) is 1.07. The van der Waals surface area contributed by atoms with E-state index in [-0.39, 0.29) is 12.0 Å². The van der Waals surface area contributed by atoms with Gasteiger partial charge in [0.25, 0.3) is 0 Å². The maximum atomic E-state index is 9.46. The molecule has 0 heterocycles. The molecular weight excluding hydrogens is 160 g/mol. The van der Waals surface area contributed by atoms with Gasteiger partial charge in [-0.05, 0) is 18.8 Å². The second-order valence-corrected chi connectivity index (χ2v) is 3.57. The van der Waals surface area contributed by atoms with E-state index in [0.29, 0.717) is 5.92 Å². The van der Waals surface area contributed by atoms with Crippen LogP contribution in [0.4, 0.5) is 0 Å². The van der Waals surface area contributed by atoms with Gasteiger partial charge in [-0.1, -0.05) is 32.9 Å². The Hall–Kier alpha value is -0.740. The van der Waals surface area contributed by atoms with Crippen LogP contribution >= 0.6 is 0 Å². The first-order valence-corrected chi connectivity index (χ1v) is 4.92.